The van der Waals surface area contributed by atoms with E-state index in [1.165, 1.54) is 25.9 Å². The van der Waals surface area contributed by atoms with Crippen LogP contribution >= 0.6 is 0 Å². The summed E-state index contributed by atoms with van der Waals surface area (Å²) >= 11 is 0. The van der Waals surface area contributed by atoms with Crippen molar-refractivity contribution in [2.24, 2.45) is 10.9 Å². The van der Waals surface area contributed by atoms with Crippen molar-refractivity contribution in [3.63, 3.8) is 0 Å². The average molecular weight is 318 g/mol. The van der Waals surface area contributed by atoms with Gasteiger partial charge in [0.25, 0.3) is 0 Å². The number of likely N-dealkylation sites (tertiary alicyclic amines) is 1. The molecule has 1 aromatic carbocycles. The fourth-order valence-electron chi connectivity index (χ4n) is 3.22. The van der Waals surface area contributed by atoms with Crippen molar-refractivity contribution in [2.75, 3.05) is 47.9 Å². The molecule has 2 rings (SSSR count). The Bertz CT molecular complexity index is 517. The van der Waals surface area contributed by atoms with Gasteiger partial charge in [0.15, 0.2) is 5.96 Å². The normalized spacial score (nSPS) is 19.5. The molecule has 0 saturated carbocycles. The summed E-state index contributed by atoms with van der Waals surface area (Å²) in [4.78, 5) is 8.98. The highest BCUT2D eigenvalue weighted by atomic mass is 16.5. The SMILES string of the molecule is CN=C(NCC1CCCN(C)C1)N(C)Cc1ccccc1OC. The molecule has 5 nitrogen and oxygen atoms in total. The second-order valence-electron chi connectivity index (χ2n) is 6.37. The van der Waals surface area contributed by atoms with Gasteiger partial charge in [0.1, 0.15) is 5.75 Å². The molecule has 0 bridgehead atoms. The number of rotatable bonds is 5. The van der Waals surface area contributed by atoms with E-state index in [-0.39, 0.29) is 0 Å². The number of nitrogens with one attached hydrogen (secondary N) is 1. The zero-order valence-corrected chi connectivity index (χ0v) is 14.9. The third kappa shape index (κ3) is 5.13. The Hall–Kier alpha value is -1.75. The van der Waals surface area contributed by atoms with E-state index in [1.807, 2.05) is 25.2 Å². The number of para-hydroxylation sites is 1. The Kier molecular flexibility index (Phi) is 6.71. The fourth-order valence-corrected chi connectivity index (χ4v) is 3.22. The van der Waals surface area contributed by atoms with Gasteiger partial charge in [-0.1, -0.05) is 18.2 Å². The summed E-state index contributed by atoms with van der Waals surface area (Å²) in [5.74, 6) is 2.55. The predicted molar refractivity (Wildman–Crippen MR) is 96.0 cm³/mol. The zero-order valence-electron chi connectivity index (χ0n) is 14.9. The summed E-state index contributed by atoms with van der Waals surface area (Å²) in [6.45, 7) is 4.14. The summed E-state index contributed by atoms with van der Waals surface area (Å²) in [6.07, 6.45) is 2.59. The van der Waals surface area contributed by atoms with E-state index in [1.54, 1.807) is 7.11 Å². The van der Waals surface area contributed by atoms with Gasteiger partial charge in [-0.05, 0) is 38.4 Å². The standard InChI is InChI=1S/C18H30N4O/c1-19-18(20-12-15-8-7-11-21(2)13-15)22(3)14-16-9-5-6-10-17(16)23-4/h5-6,9-10,15H,7-8,11-14H2,1-4H3,(H,19,20). The molecule has 1 saturated heterocycles. The first-order chi connectivity index (χ1) is 11.1. The summed E-state index contributed by atoms with van der Waals surface area (Å²) < 4.78 is 5.43. The molecule has 23 heavy (non-hydrogen) atoms. The number of ether oxygens (including phenoxy) is 1. The van der Waals surface area contributed by atoms with Crippen LogP contribution in [0.3, 0.4) is 0 Å². The third-order valence-electron chi connectivity index (χ3n) is 4.44. The predicted octanol–water partition coefficient (Wildman–Crippen LogP) is 2.04. The molecular formula is C18H30N4O. The minimum atomic E-state index is 0.699. The Morgan fingerprint density at radius 2 is 2.22 bits per heavy atom. The molecule has 0 radical (unpaired) electrons. The average Bonchev–Trinajstić information content (AvgIpc) is 2.56. The lowest BCUT2D eigenvalue weighted by Gasteiger charge is -2.31. The van der Waals surface area contributed by atoms with Crippen LogP contribution in [0.15, 0.2) is 29.3 Å². The van der Waals surface area contributed by atoms with Gasteiger partial charge in [-0.15, -0.1) is 0 Å². The van der Waals surface area contributed by atoms with Crippen molar-refractivity contribution >= 4 is 5.96 Å². The molecule has 1 unspecified atom stereocenters. The molecule has 0 aliphatic carbocycles. The first-order valence-electron chi connectivity index (χ1n) is 8.36. The van der Waals surface area contributed by atoms with E-state index >= 15 is 0 Å². The molecule has 0 aromatic heterocycles. The summed E-state index contributed by atoms with van der Waals surface area (Å²) in [5.41, 5.74) is 1.16. The van der Waals surface area contributed by atoms with E-state index in [0.29, 0.717) is 5.92 Å². The lowest BCUT2D eigenvalue weighted by atomic mass is 9.98. The monoisotopic (exact) mass is 318 g/mol. The largest absolute Gasteiger partial charge is 0.496 e. The molecule has 1 aliphatic heterocycles. The van der Waals surface area contributed by atoms with Crippen LogP contribution in [-0.2, 0) is 6.54 Å². The van der Waals surface area contributed by atoms with Gasteiger partial charge in [0.05, 0.1) is 7.11 Å². The van der Waals surface area contributed by atoms with Crippen LogP contribution in [0.1, 0.15) is 18.4 Å². The van der Waals surface area contributed by atoms with Crippen LogP contribution in [0.5, 0.6) is 5.75 Å². The second kappa shape index (κ2) is 8.77. The minimum absolute atomic E-state index is 0.699. The lowest BCUT2D eigenvalue weighted by molar-refractivity contribution is 0.209. The van der Waals surface area contributed by atoms with Gasteiger partial charge in [-0.3, -0.25) is 4.99 Å². The van der Waals surface area contributed by atoms with Crippen LogP contribution in [0.4, 0.5) is 0 Å². The molecule has 1 atom stereocenters. The summed E-state index contributed by atoms with van der Waals surface area (Å²) in [7, 11) is 7.82. The third-order valence-corrected chi connectivity index (χ3v) is 4.44. The van der Waals surface area contributed by atoms with Crippen molar-refractivity contribution in [3.8, 4) is 5.75 Å². The topological polar surface area (TPSA) is 40.1 Å². The fraction of sp³-hybridized carbons (Fsp3) is 0.611. The Balaban J connectivity index is 1.89. The van der Waals surface area contributed by atoms with Crippen LogP contribution in [0.2, 0.25) is 0 Å². The van der Waals surface area contributed by atoms with E-state index in [0.717, 1.165) is 30.4 Å². The zero-order chi connectivity index (χ0) is 16.7. The van der Waals surface area contributed by atoms with Gasteiger partial charge < -0.3 is 19.9 Å². The molecule has 0 spiro atoms. The summed E-state index contributed by atoms with van der Waals surface area (Å²) in [5, 5.41) is 3.53. The van der Waals surface area contributed by atoms with Gasteiger partial charge in [0.2, 0.25) is 0 Å². The minimum Gasteiger partial charge on any atom is -0.496 e. The number of guanidine groups is 1. The highest BCUT2D eigenvalue weighted by molar-refractivity contribution is 5.79. The number of aliphatic imine (C=N–C) groups is 1. The van der Waals surface area contributed by atoms with Crippen LogP contribution in [0, 0.1) is 5.92 Å². The van der Waals surface area contributed by atoms with E-state index in [4.69, 9.17) is 4.74 Å². The Labute approximate surface area is 140 Å². The molecule has 1 aliphatic rings. The van der Waals surface area contributed by atoms with E-state index in [2.05, 4.69) is 40.3 Å². The smallest absolute Gasteiger partial charge is 0.193 e. The molecule has 128 valence electrons. The molecule has 1 aromatic rings. The van der Waals surface area contributed by atoms with Crippen molar-refractivity contribution < 1.29 is 4.74 Å². The maximum atomic E-state index is 5.43. The molecule has 1 fully saturated rings. The number of methoxy groups -OCH3 is 1. The van der Waals surface area contributed by atoms with E-state index in [9.17, 15) is 0 Å². The number of piperidine rings is 1. The highest BCUT2D eigenvalue weighted by Gasteiger charge is 2.18. The van der Waals surface area contributed by atoms with Gasteiger partial charge in [-0.2, -0.15) is 0 Å². The molecule has 1 heterocycles. The Morgan fingerprint density at radius 3 is 2.91 bits per heavy atom. The van der Waals surface area contributed by atoms with Gasteiger partial charge in [0, 0.05) is 39.3 Å². The molecular weight excluding hydrogens is 288 g/mol. The quantitative estimate of drug-likeness (QED) is 0.666. The molecule has 5 heteroatoms. The van der Waals surface area contributed by atoms with Gasteiger partial charge in [-0.25, -0.2) is 0 Å². The maximum absolute atomic E-state index is 5.43. The van der Waals surface area contributed by atoms with Crippen molar-refractivity contribution in [1.82, 2.24) is 15.1 Å². The van der Waals surface area contributed by atoms with Crippen LogP contribution in [-0.4, -0.2) is 63.6 Å². The van der Waals surface area contributed by atoms with Crippen molar-refractivity contribution in [3.05, 3.63) is 29.8 Å². The van der Waals surface area contributed by atoms with Crippen molar-refractivity contribution in [2.45, 2.75) is 19.4 Å². The van der Waals surface area contributed by atoms with E-state index < -0.39 is 0 Å². The lowest BCUT2D eigenvalue weighted by Crippen LogP contribution is -2.44. The van der Waals surface area contributed by atoms with Crippen LogP contribution < -0.4 is 10.1 Å². The molecule has 0 amide bonds. The first kappa shape index (κ1) is 17.6. The number of hydrogen-bond acceptors (Lipinski definition) is 3. The first-order valence-corrected chi connectivity index (χ1v) is 8.36. The number of benzene rings is 1. The van der Waals surface area contributed by atoms with Gasteiger partial charge >= 0.3 is 0 Å². The number of hydrogen-bond donors (Lipinski definition) is 1. The summed E-state index contributed by atoms with van der Waals surface area (Å²) in [6, 6.07) is 8.13. The second-order valence-corrected chi connectivity index (χ2v) is 6.37. The van der Waals surface area contributed by atoms with Crippen LogP contribution in [0.25, 0.3) is 0 Å². The maximum Gasteiger partial charge on any atom is 0.193 e. The highest BCUT2D eigenvalue weighted by Crippen LogP contribution is 2.19. The Morgan fingerprint density at radius 1 is 1.43 bits per heavy atom. The number of nitrogens with zero attached hydrogens (tertiary/aromatic N) is 3. The molecule has 1 N–H and O–H groups in total. The van der Waals surface area contributed by atoms with Crippen molar-refractivity contribution in [1.29, 1.82) is 0 Å².